The van der Waals surface area contributed by atoms with E-state index in [9.17, 15) is 18.4 Å². The summed E-state index contributed by atoms with van der Waals surface area (Å²) in [6, 6.07) is 10.6. The molecule has 4 aromatic rings. The van der Waals surface area contributed by atoms with Gasteiger partial charge in [0.2, 0.25) is 0 Å². The predicted molar refractivity (Wildman–Crippen MR) is 176 cm³/mol. The molecule has 0 amide bonds. The molecule has 0 bridgehead atoms. The fourth-order valence-electron chi connectivity index (χ4n) is 6.34. The highest BCUT2D eigenvalue weighted by atomic mass is 19.1. The zero-order chi connectivity index (χ0) is 31.7. The van der Waals surface area contributed by atoms with Gasteiger partial charge in [-0.2, -0.15) is 0 Å². The molecule has 240 valence electrons. The molecule has 2 N–H and O–H groups in total. The molecule has 0 radical (unpaired) electrons. The Hall–Kier alpha value is -3.80. The maximum atomic E-state index is 14.5. The number of nitrogens with one attached hydrogen (secondary N) is 1. The van der Waals surface area contributed by atoms with Crippen LogP contribution in [0.15, 0.2) is 58.4 Å². The van der Waals surface area contributed by atoms with Gasteiger partial charge in [-0.1, -0.05) is 0 Å². The topological polar surface area (TPSA) is 86.0 Å². The van der Waals surface area contributed by atoms with Gasteiger partial charge in [-0.05, 0) is 57.0 Å². The number of fused-ring (bicyclic) bond motifs is 2. The van der Waals surface area contributed by atoms with Crippen molar-refractivity contribution >= 4 is 33.2 Å². The average molecular weight is 621 g/mol. The van der Waals surface area contributed by atoms with Crippen LogP contribution in [-0.2, 0) is 0 Å². The van der Waals surface area contributed by atoms with E-state index in [1.165, 1.54) is 12.1 Å². The smallest absolute Gasteiger partial charge is 0.189 e. The summed E-state index contributed by atoms with van der Waals surface area (Å²) in [5.74, 6) is -0.585. The van der Waals surface area contributed by atoms with Crippen molar-refractivity contribution in [1.82, 2.24) is 19.4 Å². The molecule has 2 saturated carbocycles. The van der Waals surface area contributed by atoms with Crippen molar-refractivity contribution in [3.05, 3.63) is 80.9 Å². The average Bonchev–Trinajstić information content (AvgIpc) is 3.99. The molecule has 2 aromatic carbocycles. The van der Waals surface area contributed by atoms with Gasteiger partial charge in [0.15, 0.2) is 10.9 Å². The van der Waals surface area contributed by atoms with Gasteiger partial charge in [0.25, 0.3) is 0 Å². The van der Waals surface area contributed by atoms with Crippen LogP contribution < -0.4 is 26.0 Å². The Morgan fingerprint density at radius 2 is 1.09 bits per heavy atom. The number of pyridine rings is 2. The normalized spacial score (nSPS) is 18.8. The number of aromatic nitrogens is 2. The Kier molecular flexibility index (Phi) is 9.21. The molecule has 11 heteroatoms. The molecule has 4 fully saturated rings. The SMILES string of the molecule is CN1CCN(c2cc3c(cc2F)c(=O)ccn3C2CC2)CC1.CO.O=c1ccn(C2CC2)c2cc(N3CCNCC3)c(F)cc12. The van der Waals surface area contributed by atoms with E-state index in [-0.39, 0.29) is 22.5 Å². The van der Waals surface area contributed by atoms with Crippen LogP contribution in [0.2, 0.25) is 0 Å². The number of nitrogens with zero attached hydrogens (tertiary/aromatic N) is 5. The van der Waals surface area contributed by atoms with Crippen molar-refractivity contribution in [3.63, 3.8) is 0 Å². The van der Waals surface area contributed by atoms with Crippen LogP contribution in [0.4, 0.5) is 20.2 Å². The number of likely N-dealkylation sites (N-methyl/N-ethyl adjacent to an activating group) is 1. The number of aliphatic hydroxyl groups excluding tert-OH is 1. The van der Waals surface area contributed by atoms with Crippen molar-refractivity contribution in [2.75, 3.05) is 76.3 Å². The Morgan fingerprint density at radius 3 is 1.51 bits per heavy atom. The molecule has 0 spiro atoms. The molecular weight excluding hydrogens is 578 g/mol. The zero-order valence-corrected chi connectivity index (χ0v) is 26.0. The number of benzene rings is 2. The maximum absolute atomic E-state index is 14.5. The molecule has 0 atom stereocenters. The molecule has 2 aliphatic heterocycles. The van der Waals surface area contributed by atoms with Crippen LogP contribution in [0.25, 0.3) is 21.8 Å². The van der Waals surface area contributed by atoms with Gasteiger partial charge in [0.1, 0.15) is 11.6 Å². The molecule has 9 nitrogen and oxygen atoms in total. The summed E-state index contributed by atoms with van der Waals surface area (Å²) in [6.07, 6.45) is 8.25. The summed E-state index contributed by atoms with van der Waals surface area (Å²) < 4.78 is 33.2. The fourth-order valence-corrected chi connectivity index (χ4v) is 6.34. The molecule has 2 saturated heterocycles. The molecule has 2 aromatic heterocycles. The first-order valence-electron chi connectivity index (χ1n) is 15.9. The Bertz CT molecular complexity index is 1790. The Morgan fingerprint density at radius 1 is 0.667 bits per heavy atom. The summed E-state index contributed by atoms with van der Waals surface area (Å²) in [6.45, 7) is 6.82. The highest BCUT2D eigenvalue weighted by molar-refractivity contribution is 5.84. The number of rotatable bonds is 4. The van der Waals surface area contributed by atoms with Crippen LogP contribution in [0.3, 0.4) is 0 Å². The predicted octanol–water partition coefficient (Wildman–Crippen LogP) is 3.72. The van der Waals surface area contributed by atoms with E-state index < -0.39 is 0 Å². The fraction of sp³-hybridized carbons (Fsp3) is 0.471. The van der Waals surface area contributed by atoms with E-state index >= 15 is 0 Å². The number of halogens is 2. The number of piperazine rings is 2. The Labute approximate surface area is 261 Å². The standard InChI is InChI=1S/C17H20FN3O.C16H18FN3O.CH4O/c1-19-6-8-20(9-7-19)16-11-15-13(10-14(16)18)17(22)4-5-21(15)12-2-3-12;17-13-9-12-14(10-15(13)19-7-4-18-5-8-19)20(11-1-2-11)6-3-16(12)21;1-2/h4-5,10-12H,2-3,6-9H2,1H3;3,6,9-11,18H,1-2,4-5,7-8H2;2H,1H3. The third kappa shape index (κ3) is 6.61. The molecule has 0 unspecified atom stereocenters. The lowest BCUT2D eigenvalue weighted by molar-refractivity contribution is 0.312. The van der Waals surface area contributed by atoms with Gasteiger partial charge in [-0.25, -0.2) is 8.78 Å². The summed E-state index contributed by atoms with van der Waals surface area (Å²) in [5, 5.41) is 11.2. The van der Waals surface area contributed by atoms with Gasteiger partial charge < -0.3 is 34.3 Å². The van der Waals surface area contributed by atoms with Crippen molar-refractivity contribution in [3.8, 4) is 0 Å². The largest absolute Gasteiger partial charge is 0.400 e. The van der Waals surface area contributed by atoms with Gasteiger partial charge in [0, 0.05) is 107 Å². The summed E-state index contributed by atoms with van der Waals surface area (Å²) in [4.78, 5) is 30.5. The van der Waals surface area contributed by atoms with Crippen molar-refractivity contribution < 1.29 is 13.9 Å². The quantitative estimate of drug-likeness (QED) is 0.360. The first-order valence-corrected chi connectivity index (χ1v) is 15.9. The second-order valence-electron chi connectivity index (χ2n) is 12.3. The molecule has 2 aliphatic carbocycles. The minimum atomic E-state index is -0.296. The van der Waals surface area contributed by atoms with Crippen molar-refractivity contribution in [1.29, 1.82) is 0 Å². The van der Waals surface area contributed by atoms with Crippen LogP contribution >= 0.6 is 0 Å². The van der Waals surface area contributed by atoms with Crippen molar-refractivity contribution in [2.45, 2.75) is 37.8 Å². The second kappa shape index (κ2) is 13.3. The van der Waals surface area contributed by atoms with Gasteiger partial charge in [0.05, 0.1) is 22.4 Å². The van der Waals surface area contributed by atoms with Crippen LogP contribution in [0.1, 0.15) is 37.8 Å². The minimum absolute atomic E-state index is 0.101. The van der Waals surface area contributed by atoms with Crippen LogP contribution in [0.5, 0.6) is 0 Å². The highest BCUT2D eigenvalue weighted by Crippen LogP contribution is 2.38. The zero-order valence-electron chi connectivity index (χ0n) is 26.0. The van der Waals surface area contributed by atoms with Gasteiger partial charge in [-0.15, -0.1) is 0 Å². The lowest BCUT2D eigenvalue weighted by Gasteiger charge is -2.34. The van der Waals surface area contributed by atoms with E-state index in [1.54, 1.807) is 12.1 Å². The first kappa shape index (κ1) is 31.2. The first-order chi connectivity index (χ1) is 21.9. The summed E-state index contributed by atoms with van der Waals surface area (Å²) >= 11 is 0. The molecule has 4 heterocycles. The van der Waals surface area contributed by atoms with E-state index in [0.29, 0.717) is 34.2 Å². The number of anilines is 2. The maximum Gasteiger partial charge on any atom is 0.189 e. The lowest BCUT2D eigenvalue weighted by Crippen LogP contribution is -2.44. The van der Waals surface area contributed by atoms with E-state index in [4.69, 9.17) is 5.11 Å². The molecule has 4 aliphatic rings. The number of aliphatic hydroxyl groups is 1. The van der Waals surface area contributed by atoms with Crippen molar-refractivity contribution in [2.24, 2.45) is 0 Å². The van der Waals surface area contributed by atoms with E-state index in [2.05, 4.69) is 36.2 Å². The van der Waals surface area contributed by atoms with Crippen LogP contribution in [0, 0.1) is 11.6 Å². The lowest BCUT2D eigenvalue weighted by atomic mass is 10.1. The van der Waals surface area contributed by atoms with E-state index in [0.717, 1.165) is 96.2 Å². The summed E-state index contributed by atoms with van der Waals surface area (Å²) in [5.41, 5.74) is 2.76. The monoisotopic (exact) mass is 620 g/mol. The number of hydrogen-bond donors (Lipinski definition) is 2. The Balaban J connectivity index is 0.000000151. The summed E-state index contributed by atoms with van der Waals surface area (Å²) in [7, 11) is 3.08. The van der Waals surface area contributed by atoms with Gasteiger partial charge >= 0.3 is 0 Å². The second-order valence-corrected chi connectivity index (χ2v) is 12.3. The number of hydrogen-bond acceptors (Lipinski definition) is 7. The molecule has 45 heavy (non-hydrogen) atoms. The van der Waals surface area contributed by atoms with Crippen LogP contribution in [-0.4, -0.2) is 85.7 Å². The highest BCUT2D eigenvalue weighted by Gasteiger charge is 2.27. The third-order valence-corrected chi connectivity index (χ3v) is 9.17. The molecule has 8 rings (SSSR count). The minimum Gasteiger partial charge on any atom is -0.400 e. The van der Waals surface area contributed by atoms with E-state index in [1.807, 2.05) is 24.5 Å². The van der Waals surface area contributed by atoms with Gasteiger partial charge in [-0.3, -0.25) is 9.59 Å². The third-order valence-electron chi connectivity index (χ3n) is 9.17. The molecular formula is C34H42F2N6O3.